The predicted molar refractivity (Wildman–Crippen MR) is 160 cm³/mol. The van der Waals surface area contributed by atoms with E-state index in [-0.39, 0.29) is 32.2 Å². The highest BCUT2D eigenvalue weighted by molar-refractivity contribution is 7.47. The second kappa shape index (κ2) is 24.8. The first kappa shape index (κ1) is 38.0. The maximum Gasteiger partial charge on any atom is 0.472 e. The van der Waals surface area contributed by atoms with E-state index in [1.165, 1.54) is 51.4 Å². The molecule has 0 radical (unpaired) electrons. The molecule has 0 fully saturated rings. The summed E-state index contributed by atoms with van der Waals surface area (Å²) in [5.41, 5.74) is 0. The minimum atomic E-state index is -4.23. The van der Waals surface area contributed by atoms with Gasteiger partial charge in [-0.05, 0) is 44.9 Å². The van der Waals surface area contributed by atoms with Crippen molar-refractivity contribution in [1.82, 2.24) is 0 Å². The molecule has 0 saturated heterocycles. The molecule has 0 rings (SSSR count). The van der Waals surface area contributed by atoms with Gasteiger partial charge in [-0.1, -0.05) is 76.7 Å². The molecule has 1 N–H and O–H groups in total. The fourth-order valence-electron chi connectivity index (χ4n) is 3.62. The Morgan fingerprint density at radius 1 is 0.795 bits per heavy atom. The molecular formula is C30H59NO7P+. The number of phosphoric acid groups is 1. The number of carbonyl (C=O) groups excluding carboxylic acids is 1. The van der Waals surface area contributed by atoms with Gasteiger partial charge < -0.3 is 18.9 Å². The lowest BCUT2D eigenvalue weighted by atomic mass is 10.1. The number of carbonyl (C=O) groups is 1. The first-order chi connectivity index (χ1) is 18.6. The fourth-order valence-corrected chi connectivity index (χ4v) is 4.36. The molecule has 2 atom stereocenters. The van der Waals surface area contributed by atoms with E-state index < -0.39 is 13.9 Å². The van der Waals surface area contributed by atoms with Gasteiger partial charge in [-0.15, -0.1) is 0 Å². The predicted octanol–water partition coefficient (Wildman–Crippen LogP) is 7.37. The number of hydrogen-bond acceptors (Lipinski definition) is 6. The molecule has 0 amide bonds. The van der Waals surface area contributed by atoms with E-state index in [1.54, 1.807) is 0 Å². The number of quaternary nitrogens is 1. The summed E-state index contributed by atoms with van der Waals surface area (Å²) >= 11 is 0. The Hall–Kier alpha value is -1.02. The summed E-state index contributed by atoms with van der Waals surface area (Å²) in [4.78, 5) is 21.9. The van der Waals surface area contributed by atoms with E-state index in [0.29, 0.717) is 24.1 Å². The SMILES string of the molecule is CCCCC/C=C\C/C=C\CCCCCCCCOCC(COP(=O)(O)OCC[N+](C)(C)C)OC(=O)CCC. The Morgan fingerprint density at radius 2 is 1.41 bits per heavy atom. The monoisotopic (exact) mass is 576 g/mol. The Kier molecular flexibility index (Phi) is 24.1. The van der Waals surface area contributed by atoms with Crippen LogP contribution in [0.4, 0.5) is 0 Å². The second-order valence-electron chi connectivity index (χ2n) is 11.1. The van der Waals surface area contributed by atoms with Crippen LogP contribution in [0.25, 0.3) is 0 Å². The molecule has 0 saturated carbocycles. The lowest BCUT2D eigenvalue weighted by molar-refractivity contribution is -0.870. The van der Waals surface area contributed by atoms with Gasteiger partial charge in [-0.2, -0.15) is 0 Å². The summed E-state index contributed by atoms with van der Waals surface area (Å²) in [5.74, 6) is -0.373. The Labute approximate surface area is 239 Å². The zero-order chi connectivity index (χ0) is 29.2. The van der Waals surface area contributed by atoms with Gasteiger partial charge in [0.05, 0.1) is 34.4 Å². The number of hydrogen-bond donors (Lipinski definition) is 1. The van der Waals surface area contributed by atoms with Gasteiger partial charge in [0.1, 0.15) is 19.3 Å². The highest BCUT2D eigenvalue weighted by Crippen LogP contribution is 2.43. The number of nitrogens with zero attached hydrogens (tertiary/aromatic N) is 1. The van der Waals surface area contributed by atoms with Crippen molar-refractivity contribution >= 4 is 13.8 Å². The van der Waals surface area contributed by atoms with Crippen molar-refractivity contribution in [2.45, 2.75) is 110 Å². The summed E-state index contributed by atoms with van der Waals surface area (Å²) in [6.07, 6.45) is 23.5. The molecule has 0 spiro atoms. The summed E-state index contributed by atoms with van der Waals surface area (Å²) in [7, 11) is 1.65. The number of likely N-dealkylation sites (N-methyl/N-ethyl adjacent to an activating group) is 1. The number of esters is 1. The molecule has 39 heavy (non-hydrogen) atoms. The number of allylic oxidation sites excluding steroid dienone is 4. The summed E-state index contributed by atoms with van der Waals surface area (Å²) in [6.45, 7) is 5.18. The summed E-state index contributed by atoms with van der Waals surface area (Å²) in [6, 6.07) is 0. The minimum absolute atomic E-state index is 0.0849. The van der Waals surface area contributed by atoms with E-state index in [1.807, 2.05) is 28.1 Å². The minimum Gasteiger partial charge on any atom is -0.457 e. The van der Waals surface area contributed by atoms with Gasteiger partial charge in [0.25, 0.3) is 0 Å². The van der Waals surface area contributed by atoms with Crippen LogP contribution in [0.5, 0.6) is 0 Å². The number of unbranched alkanes of at least 4 members (excludes halogenated alkanes) is 9. The highest BCUT2D eigenvalue weighted by Gasteiger charge is 2.26. The fraction of sp³-hybridized carbons (Fsp3) is 0.833. The van der Waals surface area contributed by atoms with Gasteiger partial charge in [0.2, 0.25) is 0 Å². The Bertz CT molecular complexity index is 691. The van der Waals surface area contributed by atoms with Crippen LogP contribution >= 0.6 is 7.82 Å². The zero-order valence-corrected chi connectivity index (χ0v) is 26.5. The van der Waals surface area contributed by atoms with Crippen molar-refractivity contribution < 1.29 is 37.3 Å². The smallest absolute Gasteiger partial charge is 0.457 e. The van der Waals surface area contributed by atoms with Crippen LogP contribution in [0.1, 0.15) is 104 Å². The molecule has 2 unspecified atom stereocenters. The number of rotatable bonds is 27. The topological polar surface area (TPSA) is 91.3 Å². The van der Waals surface area contributed by atoms with Crippen molar-refractivity contribution in [3.05, 3.63) is 24.3 Å². The third-order valence-electron chi connectivity index (χ3n) is 5.99. The molecule has 0 bridgehead atoms. The van der Waals surface area contributed by atoms with Crippen LogP contribution in [0, 0.1) is 0 Å². The van der Waals surface area contributed by atoms with E-state index in [9.17, 15) is 14.3 Å². The van der Waals surface area contributed by atoms with Crippen LogP contribution in [-0.4, -0.2) is 75.6 Å². The number of phosphoric ester groups is 1. The lowest BCUT2D eigenvalue weighted by Crippen LogP contribution is -2.37. The van der Waals surface area contributed by atoms with Gasteiger partial charge in [-0.3, -0.25) is 13.8 Å². The van der Waals surface area contributed by atoms with E-state index in [2.05, 4.69) is 31.2 Å². The molecule has 0 aromatic rings. The standard InChI is InChI=1S/C30H58NO7P/c1-6-8-9-10-11-12-13-14-15-16-17-18-19-20-21-22-25-35-27-29(38-30(32)23-7-2)28-37-39(33,34)36-26-24-31(3,4)5/h11-12,14-15,29H,6-10,13,16-28H2,1-5H3/p+1/b12-11-,15-14-. The van der Waals surface area contributed by atoms with Crippen LogP contribution in [0.3, 0.4) is 0 Å². The average Bonchev–Trinajstić information content (AvgIpc) is 2.85. The normalized spacial score (nSPS) is 14.7. The van der Waals surface area contributed by atoms with Crippen molar-refractivity contribution in [1.29, 1.82) is 0 Å². The zero-order valence-electron chi connectivity index (χ0n) is 25.6. The van der Waals surface area contributed by atoms with Crippen LogP contribution < -0.4 is 0 Å². The van der Waals surface area contributed by atoms with Crippen molar-refractivity contribution in [2.75, 3.05) is 54.1 Å². The quantitative estimate of drug-likeness (QED) is 0.0359. The van der Waals surface area contributed by atoms with Gasteiger partial charge in [-0.25, -0.2) is 4.57 Å². The van der Waals surface area contributed by atoms with E-state index in [0.717, 1.165) is 25.7 Å². The number of ether oxygens (including phenoxy) is 2. The van der Waals surface area contributed by atoms with Gasteiger partial charge in [0.15, 0.2) is 0 Å². The molecule has 0 aliphatic rings. The maximum atomic E-state index is 12.2. The largest absolute Gasteiger partial charge is 0.472 e. The molecule has 9 heteroatoms. The van der Waals surface area contributed by atoms with Crippen LogP contribution in [-0.2, 0) is 27.9 Å². The van der Waals surface area contributed by atoms with Crippen LogP contribution in [0.15, 0.2) is 24.3 Å². The molecule has 0 heterocycles. The molecule has 0 aromatic carbocycles. The average molecular weight is 577 g/mol. The van der Waals surface area contributed by atoms with Crippen molar-refractivity contribution in [3.63, 3.8) is 0 Å². The van der Waals surface area contributed by atoms with Crippen molar-refractivity contribution in [3.8, 4) is 0 Å². The third kappa shape index (κ3) is 28.3. The first-order valence-corrected chi connectivity index (χ1v) is 16.6. The highest BCUT2D eigenvalue weighted by atomic mass is 31.2. The van der Waals surface area contributed by atoms with Crippen molar-refractivity contribution in [2.24, 2.45) is 0 Å². The summed E-state index contributed by atoms with van der Waals surface area (Å²) in [5, 5.41) is 0. The molecule has 230 valence electrons. The second-order valence-corrected chi connectivity index (χ2v) is 12.6. The Balaban J connectivity index is 4.00. The maximum absolute atomic E-state index is 12.2. The third-order valence-corrected chi connectivity index (χ3v) is 6.97. The summed E-state index contributed by atoms with van der Waals surface area (Å²) < 4.78 is 34.0. The lowest BCUT2D eigenvalue weighted by Gasteiger charge is -2.24. The molecule has 0 aliphatic carbocycles. The van der Waals surface area contributed by atoms with E-state index in [4.69, 9.17) is 18.5 Å². The van der Waals surface area contributed by atoms with Gasteiger partial charge in [0, 0.05) is 13.0 Å². The van der Waals surface area contributed by atoms with E-state index >= 15 is 0 Å². The Morgan fingerprint density at radius 3 is 2.03 bits per heavy atom. The first-order valence-electron chi connectivity index (χ1n) is 15.1. The van der Waals surface area contributed by atoms with Crippen LogP contribution in [0.2, 0.25) is 0 Å². The molecular weight excluding hydrogens is 517 g/mol. The molecule has 8 nitrogen and oxygen atoms in total. The molecule has 0 aromatic heterocycles. The van der Waals surface area contributed by atoms with Gasteiger partial charge >= 0.3 is 13.8 Å². The molecule has 0 aliphatic heterocycles.